The lowest BCUT2D eigenvalue weighted by atomic mass is 10.1. The number of aromatic hydroxyl groups is 1. The maximum atomic E-state index is 13.7. The highest BCUT2D eigenvalue weighted by Crippen LogP contribution is 2.41. The number of amides is 1. The van der Waals surface area contributed by atoms with E-state index < -0.39 is 0 Å². The summed E-state index contributed by atoms with van der Waals surface area (Å²) in [4.78, 5) is 20.0. The fraction of sp³-hybridized carbons (Fsp3) is 0.500. The fourth-order valence-electron chi connectivity index (χ4n) is 4.39. The lowest BCUT2D eigenvalue weighted by Crippen LogP contribution is -2.48. The van der Waals surface area contributed by atoms with Crippen molar-refractivity contribution in [2.45, 2.75) is 26.3 Å². The highest BCUT2D eigenvalue weighted by atomic mass is 32.2. The molecule has 0 saturated carbocycles. The first-order chi connectivity index (χ1) is 18.8. The second-order valence-corrected chi connectivity index (χ2v) is 10.7. The Morgan fingerprint density at radius 3 is 2.15 bits per heavy atom. The zero-order valence-electron chi connectivity index (χ0n) is 23.4. The molecule has 1 aliphatic heterocycles. The Morgan fingerprint density at radius 2 is 1.62 bits per heavy atom. The first kappa shape index (κ1) is 30.6. The van der Waals surface area contributed by atoms with Gasteiger partial charge in [-0.15, -0.1) is 0 Å². The molecule has 0 atom stereocenters. The van der Waals surface area contributed by atoms with Crippen molar-refractivity contribution in [2.75, 3.05) is 71.8 Å². The number of methoxy groups -OCH3 is 4. The van der Waals surface area contributed by atoms with Crippen molar-refractivity contribution < 1.29 is 28.8 Å². The summed E-state index contributed by atoms with van der Waals surface area (Å²) in [6, 6.07) is 8.55. The number of hydrogen-bond acceptors (Lipinski definition) is 9. The SMILES string of the molecule is CCCCN1CCN(C(=S)SCC(=O)N(Cc2ccc(OC)c(O)c2)c2cc(OC)c(OC)c(OC)c2)CC1. The molecule has 0 aromatic heterocycles. The molecule has 214 valence electrons. The third-order valence-corrected chi connectivity index (χ3v) is 8.13. The Bertz CT molecular complexity index is 1100. The number of anilines is 1. The van der Waals surface area contributed by atoms with Gasteiger partial charge in [0.05, 0.1) is 46.4 Å². The number of benzene rings is 2. The maximum absolute atomic E-state index is 13.7. The predicted molar refractivity (Wildman–Crippen MR) is 160 cm³/mol. The molecule has 9 nitrogen and oxygen atoms in total. The summed E-state index contributed by atoms with van der Waals surface area (Å²) in [5.41, 5.74) is 1.30. The van der Waals surface area contributed by atoms with E-state index >= 15 is 0 Å². The number of unbranched alkanes of at least 4 members (excludes halogenated alkanes) is 1. The molecule has 3 rings (SSSR count). The van der Waals surface area contributed by atoms with Gasteiger partial charge in [0.2, 0.25) is 11.7 Å². The zero-order chi connectivity index (χ0) is 28.4. The fourth-order valence-corrected chi connectivity index (χ4v) is 5.52. The van der Waals surface area contributed by atoms with E-state index in [1.165, 1.54) is 53.0 Å². The molecule has 2 aromatic rings. The number of thiocarbonyl (C=S) groups is 1. The molecular formula is C28H39N3O6S2. The molecule has 0 unspecified atom stereocenters. The van der Waals surface area contributed by atoms with Crippen LogP contribution in [0.4, 0.5) is 5.69 Å². The van der Waals surface area contributed by atoms with E-state index in [2.05, 4.69) is 16.7 Å². The van der Waals surface area contributed by atoms with Gasteiger partial charge in [0.25, 0.3) is 0 Å². The summed E-state index contributed by atoms with van der Waals surface area (Å²) >= 11 is 7.08. The van der Waals surface area contributed by atoms with Gasteiger partial charge in [-0.1, -0.05) is 43.4 Å². The van der Waals surface area contributed by atoms with E-state index in [-0.39, 0.29) is 24.0 Å². The largest absolute Gasteiger partial charge is 0.504 e. The highest BCUT2D eigenvalue weighted by molar-refractivity contribution is 8.23. The summed E-state index contributed by atoms with van der Waals surface area (Å²) < 4.78 is 22.4. The van der Waals surface area contributed by atoms with Gasteiger partial charge in [0.1, 0.15) is 4.32 Å². The molecule has 1 fully saturated rings. The van der Waals surface area contributed by atoms with Crippen molar-refractivity contribution in [3.63, 3.8) is 0 Å². The lowest BCUT2D eigenvalue weighted by molar-refractivity contribution is -0.116. The normalized spacial score (nSPS) is 13.6. The number of nitrogens with zero attached hydrogens (tertiary/aromatic N) is 3. The Kier molecular flexibility index (Phi) is 11.8. The minimum Gasteiger partial charge on any atom is -0.504 e. The van der Waals surface area contributed by atoms with Crippen LogP contribution in [0.3, 0.4) is 0 Å². The van der Waals surface area contributed by atoms with E-state index in [4.69, 9.17) is 31.2 Å². The number of ether oxygens (including phenoxy) is 4. The third-order valence-electron chi connectivity index (χ3n) is 6.62. The van der Waals surface area contributed by atoms with Crippen molar-refractivity contribution >= 4 is 39.9 Å². The van der Waals surface area contributed by atoms with Crippen LogP contribution in [0.25, 0.3) is 0 Å². The minimum absolute atomic E-state index is 0.000854. The summed E-state index contributed by atoms with van der Waals surface area (Å²) in [6.07, 6.45) is 2.39. The summed E-state index contributed by atoms with van der Waals surface area (Å²) in [5, 5.41) is 10.3. The van der Waals surface area contributed by atoms with Crippen LogP contribution in [0.5, 0.6) is 28.7 Å². The first-order valence-corrected chi connectivity index (χ1v) is 14.3. The molecule has 11 heteroatoms. The number of phenols is 1. The molecule has 1 aliphatic rings. The Balaban J connectivity index is 1.79. The average Bonchev–Trinajstić information content (AvgIpc) is 2.96. The van der Waals surface area contributed by atoms with Crippen LogP contribution in [0, 0.1) is 0 Å². The average molecular weight is 578 g/mol. The number of hydrogen-bond donors (Lipinski definition) is 1. The van der Waals surface area contributed by atoms with Gasteiger partial charge < -0.3 is 33.9 Å². The minimum atomic E-state index is -0.145. The van der Waals surface area contributed by atoms with Crippen LogP contribution in [0.15, 0.2) is 30.3 Å². The summed E-state index contributed by atoms with van der Waals surface area (Å²) in [6.45, 7) is 7.22. The van der Waals surface area contributed by atoms with Crippen LogP contribution in [-0.2, 0) is 11.3 Å². The van der Waals surface area contributed by atoms with E-state index in [1.807, 2.05) is 6.07 Å². The summed E-state index contributed by atoms with van der Waals surface area (Å²) in [7, 11) is 6.09. The monoisotopic (exact) mass is 577 g/mol. The predicted octanol–water partition coefficient (Wildman–Crippen LogP) is 4.40. The molecule has 0 spiro atoms. The van der Waals surface area contributed by atoms with E-state index in [0.717, 1.165) is 42.6 Å². The third kappa shape index (κ3) is 8.06. The van der Waals surface area contributed by atoms with E-state index in [0.29, 0.717) is 28.7 Å². The quantitative estimate of drug-likeness (QED) is 0.367. The van der Waals surface area contributed by atoms with Crippen molar-refractivity contribution in [1.29, 1.82) is 0 Å². The molecule has 1 saturated heterocycles. The Morgan fingerprint density at radius 1 is 0.974 bits per heavy atom. The van der Waals surface area contributed by atoms with Crippen LogP contribution < -0.4 is 23.8 Å². The number of carbonyl (C=O) groups is 1. The number of rotatable bonds is 12. The molecule has 2 aromatic carbocycles. The Hall–Kier alpha value is -2.89. The first-order valence-electron chi connectivity index (χ1n) is 12.9. The van der Waals surface area contributed by atoms with Gasteiger partial charge in [-0.05, 0) is 30.7 Å². The van der Waals surface area contributed by atoms with E-state index in [9.17, 15) is 9.90 Å². The molecular weight excluding hydrogens is 538 g/mol. The molecule has 0 radical (unpaired) electrons. The molecule has 1 amide bonds. The van der Waals surface area contributed by atoms with Crippen molar-refractivity contribution in [2.24, 2.45) is 0 Å². The van der Waals surface area contributed by atoms with Gasteiger partial charge in [-0.3, -0.25) is 9.69 Å². The Labute approximate surface area is 240 Å². The van der Waals surface area contributed by atoms with Crippen LogP contribution >= 0.6 is 24.0 Å². The van der Waals surface area contributed by atoms with Gasteiger partial charge in [-0.2, -0.15) is 0 Å². The second-order valence-electron chi connectivity index (χ2n) is 9.11. The van der Waals surface area contributed by atoms with Gasteiger partial charge >= 0.3 is 0 Å². The van der Waals surface area contributed by atoms with Crippen LogP contribution in [0.2, 0.25) is 0 Å². The zero-order valence-corrected chi connectivity index (χ0v) is 25.0. The number of piperazine rings is 1. The number of carbonyl (C=O) groups excluding carboxylic acids is 1. The smallest absolute Gasteiger partial charge is 0.237 e. The highest BCUT2D eigenvalue weighted by Gasteiger charge is 2.24. The molecule has 0 bridgehead atoms. The molecule has 39 heavy (non-hydrogen) atoms. The number of phenolic OH excluding ortho intramolecular Hbond substituents is 1. The number of thioether (sulfide) groups is 1. The summed E-state index contributed by atoms with van der Waals surface area (Å²) in [5.74, 6) is 1.69. The lowest BCUT2D eigenvalue weighted by Gasteiger charge is -2.36. The van der Waals surface area contributed by atoms with Gasteiger partial charge in [0.15, 0.2) is 23.0 Å². The van der Waals surface area contributed by atoms with Crippen LogP contribution in [0.1, 0.15) is 25.3 Å². The standard InChI is InChI=1S/C28H39N3O6S2/c1-6-7-10-29-11-13-30(14-12-29)28(38)39-19-26(33)31(18-20-8-9-23(34-2)22(32)15-20)21-16-24(35-3)27(37-5)25(17-21)36-4/h8-9,15-17,32H,6-7,10-14,18-19H2,1-5H3. The van der Waals surface area contributed by atoms with Crippen molar-refractivity contribution in [3.8, 4) is 28.7 Å². The van der Waals surface area contributed by atoms with Gasteiger partial charge in [0, 0.05) is 38.3 Å². The van der Waals surface area contributed by atoms with E-state index in [1.54, 1.807) is 29.2 Å². The molecule has 0 aliphatic carbocycles. The van der Waals surface area contributed by atoms with Gasteiger partial charge in [-0.25, -0.2) is 0 Å². The second kappa shape index (κ2) is 15.0. The van der Waals surface area contributed by atoms with Crippen LogP contribution in [-0.4, -0.2) is 92.0 Å². The topological polar surface area (TPSA) is 83.9 Å². The molecule has 1 heterocycles. The van der Waals surface area contributed by atoms with Crippen molar-refractivity contribution in [3.05, 3.63) is 35.9 Å². The molecule has 1 N–H and O–H groups in total. The maximum Gasteiger partial charge on any atom is 0.237 e. The van der Waals surface area contributed by atoms with Crippen molar-refractivity contribution in [1.82, 2.24) is 9.80 Å².